The summed E-state index contributed by atoms with van der Waals surface area (Å²) in [4.78, 5) is 0. The molecule has 0 fully saturated rings. The second-order valence-electron chi connectivity index (χ2n) is 5.52. The summed E-state index contributed by atoms with van der Waals surface area (Å²) in [7, 11) is 0. The van der Waals surface area contributed by atoms with E-state index in [1.54, 1.807) is 6.26 Å². The maximum Gasteiger partial charge on any atom is 0.103 e. The zero-order chi connectivity index (χ0) is 13.9. The summed E-state index contributed by atoms with van der Waals surface area (Å²) >= 11 is 0. The van der Waals surface area contributed by atoms with Gasteiger partial charge in [-0.25, -0.2) is 0 Å². The molecule has 0 saturated heterocycles. The fourth-order valence-electron chi connectivity index (χ4n) is 2.75. The highest BCUT2D eigenvalue weighted by molar-refractivity contribution is 4.98. The highest BCUT2D eigenvalue weighted by Crippen LogP contribution is 2.20. The predicted molar refractivity (Wildman–Crippen MR) is 82.4 cm³/mol. The fourth-order valence-corrected chi connectivity index (χ4v) is 2.75. The lowest BCUT2D eigenvalue weighted by molar-refractivity contribution is 0.335. The summed E-state index contributed by atoms with van der Waals surface area (Å²) in [6.07, 6.45) is 10.7. The Hall–Kier alpha value is -0.760. The van der Waals surface area contributed by atoms with Gasteiger partial charge in [-0.1, -0.05) is 46.5 Å². The van der Waals surface area contributed by atoms with Crippen molar-refractivity contribution in [3.05, 3.63) is 24.2 Å². The van der Waals surface area contributed by atoms with E-state index in [1.807, 2.05) is 6.07 Å². The Kier molecular flexibility index (Phi) is 8.64. The molecule has 0 aliphatic rings. The van der Waals surface area contributed by atoms with E-state index in [9.17, 15) is 0 Å². The van der Waals surface area contributed by atoms with Crippen molar-refractivity contribution in [2.24, 2.45) is 5.92 Å². The molecule has 1 aromatic rings. The molecule has 2 heteroatoms. The van der Waals surface area contributed by atoms with Crippen molar-refractivity contribution < 1.29 is 4.42 Å². The molecule has 110 valence electrons. The van der Waals surface area contributed by atoms with Crippen LogP contribution in [-0.2, 0) is 6.42 Å². The molecule has 1 heterocycles. The van der Waals surface area contributed by atoms with Crippen LogP contribution in [0.2, 0.25) is 0 Å². The van der Waals surface area contributed by atoms with Gasteiger partial charge < -0.3 is 9.73 Å². The van der Waals surface area contributed by atoms with E-state index in [0.717, 1.165) is 24.6 Å². The van der Waals surface area contributed by atoms with Gasteiger partial charge in [0.2, 0.25) is 0 Å². The smallest absolute Gasteiger partial charge is 0.103 e. The van der Waals surface area contributed by atoms with Crippen LogP contribution in [0.5, 0.6) is 0 Å². The largest absolute Gasteiger partial charge is 0.469 e. The third-order valence-electron chi connectivity index (χ3n) is 3.97. The molecule has 0 aliphatic heterocycles. The third-order valence-corrected chi connectivity index (χ3v) is 3.97. The van der Waals surface area contributed by atoms with Crippen molar-refractivity contribution in [1.29, 1.82) is 0 Å². The first-order chi connectivity index (χ1) is 9.30. The van der Waals surface area contributed by atoms with Gasteiger partial charge in [-0.05, 0) is 37.4 Å². The van der Waals surface area contributed by atoms with Gasteiger partial charge in [0.15, 0.2) is 0 Å². The van der Waals surface area contributed by atoms with E-state index >= 15 is 0 Å². The summed E-state index contributed by atoms with van der Waals surface area (Å²) in [6.45, 7) is 7.88. The molecular formula is C17H31NO. The van der Waals surface area contributed by atoms with Crippen molar-refractivity contribution in [3.8, 4) is 0 Å². The van der Waals surface area contributed by atoms with Crippen LogP contribution in [0.1, 0.15) is 65.1 Å². The molecule has 0 spiro atoms. The summed E-state index contributed by atoms with van der Waals surface area (Å²) in [5.74, 6) is 1.99. The zero-order valence-electron chi connectivity index (χ0n) is 13.0. The van der Waals surface area contributed by atoms with Crippen molar-refractivity contribution in [2.75, 3.05) is 6.54 Å². The topological polar surface area (TPSA) is 25.2 Å². The van der Waals surface area contributed by atoms with Gasteiger partial charge in [0.05, 0.1) is 6.26 Å². The second-order valence-corrected chi connectivity index (χ2v) is 5.52. The summed E-state index contributed by atoms with van der Waals surface area (Å²) < 4.78 is 5.43. The highest BCUT2D eigenvalue weighted by atomic mass is 16.3. The monoisotopic (exact) mass is 265 g/mol. The zero-order valence-corrected chi connectivity index (χ0v) is 13.0. The molecule has 2 atom stereocenters. The highest BCUT2D eigenvalue weighted by Gasteiger charge is 2.14. The van der Waals surface area contributed by atoms with Crippen LogP contribution in [0.3, 0.4) is 0 Å². The molecule has 1 aromatic heterocycles. The number of furan rings is 1. The lowest BCUT2D eigenvalue weighted by atomic mass is 9.90. The normalized spacial score (nSPS) is 14.5. The van der Waals surface area contributed by atoms with E-state index in [2.05, 4.69) is 32.2 Å². The lowest BCUT2D eigenvalue weighted by Gasteiger charge is -2.23. The van der Waals surface area contributed by atoms with Crippen LogP contribution >= 0.6 is 0 Å². The third kappa shape index (κ3) is 6.81. The van der Waals surface area contributed by atoms with Gasteiger partial charge in [0.1, 0.15) is 5.76 Å². The van der Waals surface area contributed by atoms with Crippen LogP contribution in [0, 0.1) is 5.92 Å². The number of hydrogen-bond acceptors (Lipinski definition) is 2. The van der Waals surface area contributed by atoms with E-state index in [0.29, 0.717) is 6.04 Å². The van der Waals surface area contributed by atoms with Crippen molar-refractivity contribution in [1.82, 2.24) is 5.32 Å². The first-order valence-electron chi connectivity index (χ1n) is 8.05. The maximum absolute atomic E-state index is 5.43. The number of unbranched alkanes of at least 4 members (excludes halogenated alkanes) is 1. The molecule has 0 saturated carbocycles. The first-order valence-corrected chi connectivity index (χ1v) is 8.05. The quantitative estimate of drug-likeness (QED) is 0.622. The summed E-state index contributed by atoms with van der Waals surface area (Å²) in [5, 5.41) is 3.64. The van der Waals surface area contributed by atoms with E-state index in [4.69, 9.17) is 4.42 Å². The first kappa shape index (κ1) is 16.3. The molecule has 0 bridgehead atoms. The molecule has 0 radical (unpaired) electrons. The van der Waals surface area contributed by atoms with Crippen LogP contribution in [0.25, 0.3) is 0 Å². The van der Waals surface area contributed by atoms with Gasteiger partial charge in [-0.2, -0.15) is 0 Å². The average molecular weight is 265 g/mol. The minimum absolute atomic E-state index is 0.636. The number of rotatable bonds is 11. The van der Waals surface area contributed by atoms with E-state index < -0.39 is 0 Å². The van der Waals surface area contributed by atoms with Crippen LogP contribution in [0.15, 0.2) is 22.8 Å². The van der Waals surface area contributed by atoms with E-state index in [1.165, 1.54) is 38.5 Å². The molecule has 1 N–H and O–H groups in total. The Morgan fingerprint density at radius 1 is 1.21 bits per heavy atom. The second kappa shape index (κ2) is 10.1. The van der Waals surface area contributed by atoms with Gasteiger partial charge >= 0.3 is 0 Å². The molecule has 1 rings (SSSR count). The minimum atomic E-state index is 0.636. The van der Waals surface area contributed by atoms with Crippen molar-refractivity contribution in [2.45, 2.75) is 71.8 Å². The van der Waals surface area contributed by atoms with E-state index in [-0.39, 0.29) is 0 Å². The van der Waals surface area contributed by atoms with Gasteiger partial charge in [0, 0.05) is 12.5 Å². The van der Waals surface area contributed by atoms with Crippen LogP contribution in [0.4, 0.5) is 0 Å². The van der Waals surface area contributed by atoms with Crippen molar-refractivity contribution >= 4 is 0 Å². The summed E-state index contributed by atoms with van der Waals surface area (Å²) in [6, 6.07) is 4.70. The molecule has 2 unspecified atom stereocenters. The number of aryl methyl sites for hydroxylation is 1. The Balaban J connectivity index is 2.37. The number of hydrogen-bond donors (Lipinski definition) is 1. The Bertz CT molecular complexity index is 294. The van der Waals surface area contributed by atoms with Gasteiger partial charge in [-0.3, -0.25) is 0 Å². The molecule has 0 aliphatic carbocycles. The average Bonchev–Trinajstić information content (AvgIpc) is 2.94. The van der Waals surface area contributed by atoms with Gasteiger partial charge in [0.25, 0.3) is 0 Å². The van der Waals surface area contributed by atoms with Crippen LogP contribution in [-0.4, -0.2) is 12.6 Å². The molecule has 0 aromatic carbocycles. The van der Waals surface area contributed by atoms with Gasteiger partial charge in [-0.15, -0.1) is 0 Å². The SMILES string of the molecule is CCCCC(CC)CC(CCc1ccco1)NCC. The standard InChI is InChI=1S/C17H31NO/c1-4-7-9-15(5-2)14-16(18-6-3)11-12-17-10-8-13-19-17/h8,10,13,15-16,18H,4-7,9,11-12,14H2,1-3H3. The number of nitrogens with one attached hydrogen (secondary N) is 1. The minimum Gasteiger partial charge on any atom is -0.469 e. The lowest BCUT2D eigenvalue weighted by Crippen LogP contribution is -2.31. The Morgan fingerprint density at radius 3 is 2.63 bits per heavy atom. The maximum atomic E-state index is 5.43. The predicted octanol–water partition coefficient (Wildman–Crippen LogP) is 4.80. The van der Waals surface area contributed by atoms with Crippen LogP contribution < -0.4 is 5.32 Å². The molecular weight excluding hydrogens is 234 g/mol. The molecule has 2 nitrogen and oxygen atoms in total. The fraction of sp³-hybridized carbons (Fsp3) is 0.765. The Labute approximate surface area is 119 Å². The Morgan fingerprint density at radius 2 is 2.05 bits per heavy atom. The molecule has 0 amide bonds. The molecule has 19 heavy (non-hydrogen) atoms. The van der Waals surface area contributed by atoms with Crippen molar-refractivity contribution in [3.63, 3.8) is 0 Å². The summed E-state index contributed by atoms with van der Waals surface area (Å²) in [5.41, 5.74) is 0.